The van der Waals surface area contributed by atoms with E-state index in [1.807, 2.05) is 20.8 Å². The molecule has 0 bridgehead atoms. The minimum Gasteiger partial charge on any atom is -0.378 e. The van der Waals surface area contributed by atoms with Gasteiger partial charge in [0, 0.05) is 12.5 Å². The van der Waals surface area contributed by atoms with Gasteiger partial charge in [-0.15, -0.1) is 0 Å². The second-order valence-electron chi connectivity index (χ2n) is 4.36. The molecule has 0 spiro atoms. The predicted molar refractivity (Wildman–Crippen MR) is 62.0 cm³/mol. The summed E-state index contributed by atoms with van der Waals surface area (Å²) in [4.78, 5) is 18.7. The number of nitrogens with one attached hydrogen (secondary N) is 1. The topological polar surface area (TPSA) is 55.0 Å². The summed E-state index contributed by atoms with van der Waals surface area (Å²) in [5.74, 6) is 0.669. The van der Waals surface area contributed by atoms with Crippen LogP contribution in [0.25, 0.3) is 0 Å². The Hall–Kier alpha value is -0.680. The molecule has 1 heterocycles. The molecule has 0 radical (unpaired) electrons. The van der Waals surface area contributed by atoms with Crippen LogP contribution in [0.1, 0.15) is 32.3 Å². The van der Waals surface area contributed by atoms with Crippen molar-refractivity contribution in [1.82, 2.24) is 9.97 Å². The Bertz CT molecular complexity index is 407. The van der Waals surface area contributed by atoms with Gasteiger partial charge in [0.1, 0.15) is 10.3 Å². The van der Waals surface area contributed by atoms with E-state index in [1.54, 1.807) is 7.11 Å². The van der Waals surface area contributed by atoms with Gasteiger partial charge in [0.25, 0.3) is 5.56 Å². The lowest BCUT2D eigenvalue weighted by molar-refractivity contribution is 0.180. The quantitative estimate of drug-likeness (QED) is 0.897. The molecule has 0 amide bonds. The number of aromatic amines is 1. The van der Waals surface area contributed by atoms with Gasteiger partial charge in [-0.3, -0.25) is 4.79 Å². The van der Waals surface area contributed by atoms with Gasteiger partial charge in [0.15, 0.2) is 0 Å². The Morgan fingerprint density at radius 2 is 2.07 bits per heavy atom. The van der Waals surface area contributed by atoms with E-state index in [-0.39, 0.29) is 11.0 Å². The number of hydrogen-bond acceptors (Lipinski definition) is 3. The van der Waals surface area contributed by atoms with Crippen molar-refractivity contribution in [2.45, 2.75) is 32.8 Å². The third kappa shape index (κ3) is 2.89. The number of hydrogen-bond donors (Lipinski definition) is 1. The molecule has 1 aromatic heterocycles. The Labute approximate surface area is 97.2 Å². The number of ether oxygens (including phenoxy) is 1. The molecule has 84 valence electrons. The zero-order valence-electron chi connectivity index (χ0n) is 9.35. The molecule has 0 aliphatic carbocycles. The SMILES string of the molecule is COCc1nc(C(C)(C)C)[nH]c(=O)c1Br. The molecule has 0 atom stereocenters. The van der Waals surface area contributed by atoms with E-state index in [1.165, 1.54) is 0 Å². The summed E-state index contributed by atoms with van der Waals surface area (Å²) < 4.78 is 5.43. The molecule has 0 saturated heterocycles. The van der Waals surface area contributed by atoms with E-state index < -0.39 is 0 Å². The van der Waals surface area contributed by atoms with Gasteiger partial charge in [0.2, 0.25) is 0 Å². The van der Waals surface area contributed by atoms with Crippen molar-refractivity contribution in [3.8, 4) is 0 Å². The maximum Gasteiger partial charge on any atom is 0.265 e. The van der Waals surface area contributed by atoms with Crippen molar-refractivity contribution in [2.24, 2.45) is 0 Å². The van der Waals surface area contributed by atoms with Crippen LogP contribution >= 0.6 is 15.9 Å². The summed E-state index contributed by atoms with van der Waals surface area (Å²) in [5.41, 5.74) is 0.288. The Kier molecular flexibility index (Phi) is 3.67. The highest BCUT2D eigenvalue weighted by atomic mass is 79.9. The zero-order chi connectivity index (χ0) is 11.6. The van der Waals surface area contributed by atoms with E-state index >= 15 is 0 Å². The Balaban J connectivity index is 3.30. The molecule has 0 aromatic carbocycles. The normalized spacial score (nSPS) is 11.8. The van der Waals surface area contributed by atoms with E-state index in [9.17, 15) is 4.79 Å². The van der Waals surface area contributed by atoms with Crippen LogP contribution in [0.5, 0.6) is 0 Å². The number of H-pyrrole nitrogens is 1. The van der Waals surface area contributed by atoms with Crippen LogP contribution in [-0.2, 0) is 16.8 Å². The molecule has 1 aromatic rings. The fourth-order valence-electron chi connectivity index (χ4n) is 1.09. The third-order valence-corrected chi connectivity index (χ3v) is 2.74. The molecule has 1 rings (SSSR count). The van der Waals surface area contributed by atoms with Crippen LogP contribution in [-0.4, -0.2) is 17.1 Å². The predicted octanol–water partition coefficient (Wildman–Crippen LogP) is 1.98. The van der Waals surface area contributed by atoms with E-state index in [4.69, 9.17) is 4.74 Å². The minimum absolute atomic E-state index is 0.165. The van der Waals surface area contributed by atoms with E-state index in [0.717, 1.165) is 0 Å². The van der Waals surface area contributed by atoms with Gasteiger partial charge in [-0.2, -0.15) is 0 Å². The van der Waals surface area contributed by atoms with Crippen LogP contribution in [0.2, 0.25) is 0 Å². The number of nitrogens with zero attached hydrogens (tertiary/aromatic N) is 1. The fourth-order valence-corrected chi connectivity index (χ4v) is 1.40. The number of aromatic nitrogens is 2. The molecule has 0 saturated carbocycles. The lowest BCUT2D eigenvalue weighted by Crippen LogP contribution is -2.24. The lowest BCUT2D eigenvalue weighted by Gasteiger charge is -2.18. The van der Waals surface area contributed by atoms with Gasteiger partial charge in [-0.05, 0) is 15.9 Å². The summed E-state index contributed by atoms with van der Waals surface area (Å²) in [5, 5.41) is 0. The maximum absolute atomic E-state index is 11.6. The number of methoxy groups -OCH3 is 1. The summed E-state index contributed by atoms with van der Waals surface area (Å²) in [6, 6.07) is 0. The highest BCUT2D eigenvalue weighted by Crippen LogP contribution is 2.19. The van der Waals surface area contributed by atoms with Gasteiger partial charge in [-0.25, -0.2) is 4.98 Å². The van der Waals surface area contributed by atoms with Crippen molar-refractivity contribution in [3.05, 3.63) is 26.3 Å². The Morgan fingerprint density at radius 3 is 2.53 bits per heavy atom. The zero-order valence-corrected chi connectivity index (χ0v) is 10.9. The van der Waals surface area contributed by atoms with Crippen molar-refractivity contribution in [1.29, 1.82) is 0 Å². The summed E-state index contributed by atoms with van der Waals surface area (Å²) in [7, 11) is 1.58. The number of halogens is 1. The average Bonchev–Trinajstić information content (AvgIpc) is 2.11. The lowest BCUT2D eigenvalue weighted by atomic mass is 9.95. The van der Waals surface area contributed by atoms with Crippen molar-refractivity contribution in [2.75, 3.05) is 7.11 Å². The second kappa shape index (κ2) is 4.45. The second-order valence-corrected chi connectivity index (χ2v) is 5.15. The molecule has 0 aliphatic rings. The van der Waals surface area contributed by atoms with Crippen LogP contribution in [0.15, 0.2) is 9.27 Å². The number of rotatable bonds is 2. The fraction of sp³-hybridized carbons (Fsp3) is 0.600. The van der Waals surface area contributed by atoms with Gasteiger partial charge in [-0.1, -0.05) is 20.8 Å². The average molecular weight is 275 g/mol. The first-order chi connectivity index (χ1) is 6.86. The molecule has 0 aliphatic heterocycles. The molecule has 4 nitrogen and oxygen atoms in total. The largest absolute Gasteiger partial charge is 0.378 e. The standard InChI is InChI=1S/C10H15BrN2O2/c1-10(2,3)9-12-6(5-15-4)7(11)8(14)13-9/h5H2,1-4H3,(H,12,13,14). The third-order valence-electron chi connectivity index (χ3n) is 1.92. The molecule has 5 heteroatoms. The molecule has 1 N–H and O–H groups in total. The van der Waals surface area contributed by atoms with Crippen molar-refractivity contribution >= 4 is 15.9 Å². The van der Waals surface area contributed by atoms with Crippen LogP contribution in [0, 0.1) is 0 Å². The molecule has 15 heavy (non-hydrogen) atoms. The summed E-state index contributed by atoms with van der Waals surface area (Å²) in [6.45, 7) is 6.31. The van der Waals surface area contributed by atoms with Crippen LogP contribution in [0.3, 0.4) is 0 Å². The monoisotopic (exact) mass is 274 g/mol. The highest BCUT2D eigenvalue weighted by molar-refractivity contribution is 9.10. The van der Waals surface area contributed by atoms with Crippen molar-refractivity contribution < 1.29 is 4.74 Å². The highest BCUT2D eigenvalue weighted by Gasteiger charge is 2.19. The molecular weight excluding hydrogens is 260 g/mol. The maximum atomic E-state index is 11.6. The summed E-state index contributed by atoms with van der Waals surface area (Å²) in [6.07, 6.45) is 0. The van der Waals surface area contributed by atoms with Gasteiger partial charge >= 0.3 is 0 Å². The van der Waals surface area contributed by atoms with Gasteiger partial charge < -0.3 is 9.72 Å². The first-order valence-electron chi connectivity index (χ1n) is 4.64. The first-order valence-corrected chi connectivity index (χ1v) is 5.43. The summed E-state index contributed by atoms with van der Waals surface area (Å²) >= 11 is 3.20. The van der Waals surface area contributed by atoms with E-state index in [0.29, 0.717) is 22.6 Å². The van der Waals surface area contributed by atoms with Gasteiger partial charge in [0.05, 0.1) is 12.3 Å². The molecule has 0 unspecified atom stereocenters. The van der Waals surface area contributed by atoms with Crippen molar-refractivity contribution in [3.63, 3.8) is 0 Å². The van der Waals surface area contributed by atoms with Crippen LogP contribution in [0.4, 0.5) is 0 Å². The Morgan fingerprint density at radius 1 is 1.47 bits per heavy atom. The molecular formula is C10H15BrN2O2. The first kappa shape index (κ1) is 12.4. The minimum atomic E-state index is -0.178. The van der Waals surface area contributed by atoms with Crippen LogP contribution < -0.4 is 5.56 Å². The molecule has 0 fully saturated rings. The smallest absolute Gasteiger partial charge is 0.265 e. The van der Waals surface area contributed by atoms with E-state index in [2.05, 4.69) is 25.9 Å².